The summed E-state index contributed by atoms with van der Waals surface area (Å²) in [5, 5.41) is 4.83. The molecule has 0 aliphatic rings. The van der Waals surface area contributed by atoms with E-state index in [4.69, 9.17) is 11.6 Å². The zero-order valence-corrected chi connectivity index (χ0v) is 9.72. The molecule has 2 atom stereocenters. The number of alkyl halides is 1. The summed E-state index contributed by atoms with van der Waals surface area (Å²) < 4.78 is 1.82. The Hall–Kier alpha value is -0.0200. The Morgan fingerprint density at radius 3 is 2.50 bits per heavy atom. The Morgan fingerprint density at radius 2 is 2.17 bits per heavy atom. The Morgan fingerprint density at radius 1 is 1.58 bits per heavy atom. The maximum absolute atomic E-state index is 5.98. The van der Waals surface area contributed by atoms with Crippen LogP contribution >= 0.6 is 27.5 Å². The Labute approximate surface area is 86.0 Å². The molecule has 0 aliphatic carbocycles. The molecule has 0 fully saturated rings. The monoisotopic (exact) mass is 250 g/mol. The van der Waals surface area contributed by atoms with E-state index >= 15 is 0 Å². The molecule has 0 saturated carbocycles. The lowest BCUT2D eigenvalue weighted by Gasteiger charge is -2.14. The van der Waals surface area contributed by atoms with Gasteiger partial charge in [0.25, 0.3) is 0 Å². The second-order valence-electron chi connectivity index (χ2n) is 2.97. The molecule has 1 rings (SSSR count). The highest BCUT2D eigenvalue weighted by molar-refractivity contribution is 9.09. The number of aromatic nitrogens is 2. The van der Waals surface area contributed by atoms with E-state index in [2.05, 4.69) is 34.9 Å². The molecule has 12 heavy (non-hydrogen) atoms. The van der Waals surface area contributed by atoms with E-state index in [1.807, 2.05) is 11.7 Å². The predicted molar refractivity (Wildman–Crippen MR) is 55.0 cm³/mol. The number of hydrogen-bond donors (Lipinski definition) is 0. The van der Waals surface area contributed by atoms with Gasteiger partial charge in [0.2, 0.25) is 0 Å². The molecule has 0 aromatic carbocycles. The fourth-order valence-electron chi connectivity index (χ4n) is 1.15. The summed E-state index contributed by atoms with van der Waals surface area (Å²) in [7, 11) is 1.91. The number of aryl methyl sites for hydroxylation is 1. The lowest BCUT2D eigenvalue weighted by Crippen LogP contribution is -2.10. The van der Waals surface area contributed by atoms with Gasteiger partial charge in [0, 0.05) is 17.8 Å². The Balaban J connectivity index is 3.00. The molecule has 0 radical (unpaired) electrons. The second kappa shape index (κ2) is 3.79. The molecule has 1 aromatic heterocycles. The molecule has 0 amide bonds. The van der Waals surface area contributed by atoms with Crippen LogP contribution in [0, 0.1) is 0 Å². The van der Waals surface area contributed by atoms with Crippen LogP contribution in [0.5, 0.6) is 0 Å². The van der Waals surface area contributed by atoms with Gasteiger partial charge in [-0.2, -0.15) is 5.10 Å². The average molecular weight is 252 g/mol. The molecule has 68 valence electrons. The molecular weight excluding hydrogens is 239 g/mol. The largest absolute Gasteiger partial charge is 0.271 e. The Kier molecular flexibility index (Phi) is 3.18. The average Bonchev–Trinajstić information content (AvgIpc) is 2.30. The third-order valence-electron chi connectivity index (χ3n) is 2.06. The quantitative estimate of drug-likeness (QED) is 0.739. The van der Waals surface area contributed by atoms with Gasteiger partial charge in [-0.05, 0) is 0 Å². The van der Waals surface area contributed by atoms with Crippen molar-refractivity contribution in [3.05, 3.63) is 16.9 Å². The number of rotatable bonds is 2. The number of hydrogen-bond acceptors (Lipinski definition) is 1. The van der Waals surface area contributed by atoms with E-state index < -0.39 is 0 Å². The molecule has 4 heteroatoms. The van der Waals surface area contributed by atoms with Crippen LogP contribution in [0.2, 0.25) is 5.02 Å². The number of nitrogens with zero attached hydrogens (tertiary/aromatic N) is 2. The number of halogens is 2. The molecule has 0 bridgehead atoms. The third-order valence-corrected chi connectivity index (χ3v) is 3.14. The highest BCUT2D eigenvalue weighted by Crippen LogP contribution is 2.29. The normalized spacial score (nSPS) is 16.1. The smallest absolute Gasteiger partial charge is 0.0820 e. The standard InChI is InChI=1S/C8H12BrClN2/c1-5(6(2)9)8-7(10)4-11-12(8)3/h4-6H,1-3H3. The molecular formula is C8H12BrClN2. The van der Waals surface area contributed by atoms with Crippen LogP contribution in [-0.4, -0.2) is 14.6 Å². The van der Waals surface area contributed by atoms with E-state index in [9.17, 15) is 0 Å². The minimum atomic E-state index is 0.380. The molecule has 0 saturated heterocycles. The fraction of sp³-hybridized carbons (Fsp3) is 0.625. The van der Waals surface area contributed by atoms with Gasteiger partial charge in [0.15, 0.2) is 0 Å². The first kappa shape index (κ1) is 10.1. The molecule has 1 aromatic rings. The van der Waals surface area contributed by atoms with Gasteiger partial charge in [-0.25, -0.2) is 0 Å². The SMILES string of the molecule is CC(Br)C(C)c1c(Cl)cnn1C. The molecule has 2 unspecified atom stereocenters. The highest BCUT2D eigenvalue weighted by atomic mass is 79.9. The van der Waals surface area contributed by atoms with Crippen LogP contribution in [-0.2, 0) is 7.05 Å². The summed E-state index contributed by atoms with van der Waals surface area (Å²) in [6, 6.07) is 0. The van der Waals surface area contributed by atoms with Crippen LogP contribution in [0.3, 0.4) is 0 Å². The van der Waals surface area contributed by atoms with E-state index in [0.717, 1.165) is 10.7 Å². The highest BCUT2D eigenvalue weighted by Gasteiger charge is 2.18. The van der Waals surface area contributed by atoms with Crippen LogP contribution in [0.4, 0.5) is 0 Å². The molecule has 0 spiro atoms. The van der Waals surface area contributed by atoms with Crippen LogP contribution in [0.25, 0.3) is 0 Å². The van der Waals surface area contributed by atoms with E-state index in [1.54, 1.807) is 6.20 Å². The lowest BCUT2D eigenvalue weighted by molar-refractivity contribution is 0.637. The van der Waals surface area contributed by atoms with Gasteiger partial charge in [-0.3, -0.25) is 4.68 Å². The van der Waals surface area contributed by atoms with E-state index in [0.29, 0.717) is 10.7 Å². The van der Waals surface area contributed by atoms with Crippen molar-refractivity contribution in [2.24, 2.45) is 7.05 Å². The van der Waals surface area contributed by atoms with Crippen molar-refractivity contribution in [3.63, 3.8) is 0 Å². The van der Waals surface area contributed by atoms with E-state index in [-0.39, 0.29) is 0 Å². The maximum atomic E-state index is 5.98. The summed E-state index contributed by atoms with van der Waals surface area (Å²) >= 11 is 9.51. The van der Waals surface area contributed by atoms with Crippen molar-refractivity contribution in [1.29, 1.82) is 0 Å². The first-order valence-corrected chi connectivity index (χ1v) is 5.15. The van der Waals surface area contributed by atoms with Gasteiger partial charge in [-0.1, -0.05) is 41.4 Å². The van der Waals surface area contributed by atoms with Crippen molar-refractivity contribution >= 4 is 27.5 Å². The Bertz CT molecular complexity index is 251. The summed E-state index contributed by atoms with van der Waals surface area (Å²) in [5.74, 6) is 0.380. The molecule has 0 aliphatic heterocycles. The minimum Gasteiger partial charge on any atom is -0.271 e. The van der Waals surface area contributed by atoms with Gasteiger partial charge in [0.1, 0.15) is 0 Å². The fourth-order valence-corrected chi connectivity index (χ4v) is 1.74. The summed E-state index contributed by atoms with van der Waals surface area (Å²) in [6.07, 6.45) is 1.68. The van der Waals surface area contributed by atoms with Gasteiger partial charge >= 0.3 is 0 Å². The lowest BCUT2D eigenvalue weighted by atomic mass is 10.1. The first-order chi connectivity index (χ1) is 5.54. The topological polar surface area (TPSA) is 17.8 Å². The second-order valence-corrected chi connectivity index (χ2v) is 4.82. The van der Waals surface area contributed by atoms with Gasteiger partial charge < -0.3 is 0 Å². The zero-order chi connectivity index (χ0) is 9.30. The molecule has 0 N–H and O–H groups in total. The summed E-state index contributed by atoms with van der Waals surface area (Å²) in [4.78, 5) is 0.408. The summed E-state index contributed by atoms with van der Waals surface area (Å²) in [6.45, 7) is 4.23. The van der Waals surface area contributed by atoms with Crippen molar-refractivity contribution in [1.82, 2.24) is 9.78 Å². The van der Waals surface area contributed by atoms with Crippen molar-refractivity contribution in [2.75, 3.05) is 0 Å². The predicted octanol–water partition coefficient (Wildman–Crippen LogP) is 2.96. The van der Waals surface area contributed by atoms with E-state index in [1.165, 1.54) is 0 Å². The minimum absolute atomic E-state index is 0.380. The van der Waals surface area contributed by atoms with Gasteiger partial charge in [0.05, 0.1) is 16.9 Å². The maximum Gasteiger partial charge on any atom is 0.0820 e. The van der Waals surface area contributed by atoms with Crippen LogP contribution in [0.15, 0.2) is 6.20 Å². The van der Waals surface area contributed by atoms with Gasteiger partial charge in [-0.15, -0.1) is 0 Å². The third kappa shape index (κ3) is 1.83. The van der Waals surface area contributed by atoms with Crippen molar-refractivity contribution in [3.8, 4) is 0 Å². The first-order valence-electron chi connectivity index (χ1n) is 3.85. The summed E-state index contributed by atoms with van der Waals surface area (Å²) in [5.41, 5.74) is 1.08. The molecule has 2 nitrogen and oxygen atoms in total. The van der Waals surface area contributed by atoms with Crippen LogP contribution in [0.1, 0.15) is 25.5 Å². The van der Waals surface area contributed by atoms with Crippen molar-refractivity contribution < 1.29 is 0 Å². The molecule has 1 heterocycles. The van der Waals surface area contributed by atoms with Crippen molar-refractivity contribution in [2.45, 2.75) is 24.6 Å². The van der Waals surface area contributed by atoms with Crippen LogP contribution < -0.4 is 0 Å². The zero-order valence-electron chi connectivity index (χ0n) is 7.38.